The van der Waals surface area contributed by atoms with Crippen molar-refractivity contribution >= 4 is 15.9 Å². The van der Waals surface area contributed by atoms with Gasteiger partial charge < -0.3 is 10.1 Å². The third kappa shape index (κ3) is 5.00. The zero-order valence-corrected chi connectivity index (χ0v) is 12.2. The number of alkyl halides is 2. The molecule has 0 aromatic heterocycles. The minimum atomic E-state index is -2.80. The van der Waals surface area contributed by atoms with E-state index in [2.05, 4.69) is 26.0 Å². The summed E-state index contributed by atoms with van der Waals surface area (Å²) in [7, 11) is 1.28. The third-order valence-corrected chi connectivity index (χ3v) is 3.55. The third-order valence-electron chi connectivity index (χ3n) is 2.69. The molecule has 1 aromatic carbocycles. The van der Waals surface area contributed by atoms with Gasteiger partial charge in [0.1, 0.15) is 6.61 Å². The molecule has 1 aromatic rings. The molecule has 0 heterocycles. The van der Waals surface area contributed by atoms with E-state index < -0.39 is 12.5 Å². The molecule has 102 valence electrons. The Labute approximate surface area is 115 Å². The molecular weight excluding hydrogens is 304 g/mol. The molecule has 1 N–H and O–H groups in total. The highest BCUT2D eigenvalue weighted by molar-refractivity contribution is 9.10. The Balaban J connectivity index is 2.36. The van der Waals surface area contributed by atoms with Crippen molar-refractivity contribution in [1.82, 2.24) is 5.32 Å². The van der Waals surface area contributed by atoms with E-state index in [0.29, 0.717) is 6.54 Å². The van der Waals surface area contributed by atoms with Gasteiger partial charge in [0.15, 0.2) is 0 Å². The largest absolute Gasteiger partial charge is 0.378 e. The van der Waals surface area contributed by atoms with Crippen molar-refractivity contribution in [2.24, 2.45) is 0 Å². The zero-order chi connectivity index (χ0) is 13.6. The summed E-state index contributed by atoms with van der Waals surface area (Å²) in [6, 6.07) is 5.93. The highest BCUT2D eigenvalue weighted by Gasteiger charge is 2.27. The van der Waals surface area contributed by atoms with Gasteiger partial charge in [-0.05, 0) is 37.1 Å². The van der Waals surface area contributed by atoms with E-state index in [1.54, 1.807) is 0 Å². The molecule has 1 rings (SSSR count). The summed E-state index contributed by atoms with van der Waals surface area (Å²) in [5.41, 5.74) is 2.31. The molecule has 0 aliphatic rings. The maximum atomic E-state index is 13.1. The average Bonchev–Trinajstić information content (AvgIpc) is 2.29. The normalized spacial score (nSPS) is 11.8. The lowest BCUT2D eigenvalue weighted by atomic mass is 10.1. The molecule has 0 saturated heterocycles. The number of hydrogen-bond acceptors (Lipinski definition) is 2. The first kappa shape index (κ1) is 15.5. The zero-order valence-electron chi connectivity index (χ0n) is 10.6. The Morgan fingerprint density at radius 1 is 1.39 bits per heavy atom. The SMILES string of the molecule is COCC(F)(F)CNCCc1cccc(Br)c1C. The Morgan fingerprint density at radius 3 is 2.78 bits per heavy atom. The van der Waals surface area contributed by atoms with Crippen LogP contribution < -0.4 is 5.32 Å². The van der Waals surface area contributed by atoms with Crippen LogP contribution in [0.15, 0.2) is 22.7 Å². The number of nitrogens with one attached hydrogen (secondary N) is 1. The molecule has 0 fully saturated rings. The molecule has 0 radical (unpaired) electrons. The monoisotopic (exact) mass is 321 g/mol. The van der Waals surface area contributed by atoms with Crippen molar-refractivity contribution < 1.29 is 13.5 Å². The average molecular weight is 322 g/mol. The lowest BCUT2D eigenvalue weighted by molar-refractivity contribution is -0.0615. The molecule has 0 unspecified atom stereocenters. The Morgan fingerprint density at radius 2 is 2.11 bits per heavy atom. The van der Waals surface area contributed by atoms with E-state index >= 15 is 0 Å². The molecule has 0 aliphatic carbocycles. The van der Waals surface area contributed by atoms with Crippen molar-refractivity contribution in [2.75, 3.05) is 26.8 Å². The van der Waals surface area contributed by atoms with Crippen LogP contribution in [-0.4, -0.2) is 32.7 Å². The predicted molar refractivity (Wildman–Crippen MR) is 72.3 cm³/mol. The van der Waals surface area contributed by atoms with Crippen LogP contribution in [0.25, 0.3) is 0 Å². The summed E-state index contributed by atoms with van der Waals surface area (Å²) < 4.78 is 31.7. The second-order valence-electron chi connectivity index (χ2n) is 4.24. The fraction of sp³-hybridized carbons (Fsp3) is 0.538. The van der Waals surface area contributed by atoms with E-state index in [0.717, 1.165) is 22.0 Å². The lowest BCUT2D eigenvalue weighted by Gasteiger charge is -2.16. The van der Waals surface area contributed by atoms with Crippen LogP contribution in [0.1, 0.15) is 11.1 Å². The minimum absolute atomic E-state index is 0.353. The molecule has 0 amide bonds. The van der Waals surface area contributed by atoms with Gasteiger partial charge in [0.25, 0.3) is 5.92 Å². The molecule has 18 heavy (non-hydrogen) atoms. The van der Waals surface area contributed by atoms with Gasteiger partial charge in [0.05, 0.1) is 6.54 Å². The molecule has 0 spiro atoms. The Hall–Kier alpha value is -0.520. The van der Waals surface area contributed by atoms with Gasteiger partial charge in [-0.3, -0.25) is 0 Å². The molecule has 5 heteroatoms. The Bertz CT molecular complexity index is 385. The number of hydrogen-bond donors (Lipinski definition) is 1. The smallest absolute Gasteiger partial charge is 0.283 e. The van der Waals surface area contributed by atoms with E-state index in [1.165, 1.54) is 7.11 Å². The number of rotatable bonds is 7. The van der Waals surface area contributed by atoms with E-state index in [4.69, 9.17) is 0 Å². The topological polar surface area (TPSA) is 21.3 Å². The van der Waals surface area contributed by atoms with Crippen LogP contribution in [-0.2, 0) is 11.2 Å². The van der Waals surface area contributed by atoms with Gasteiger partial charge in [-0.2, -0.15) is 0 Å². The van der Waals surface area contributed by atoms with Crippen molar-refractivity contribution in [3.8, 4) is 0 Å². The maximum Gasteiger partial charge on any atom is 0.283 e. The second kappa shape index (κ2) is 7.16. The van der Waals surface area contributed by atoms with Gasteiger partial charge in [0, 0.05) is 11.6 Å². The molecule has 0 aliphatic heterocycles. The van der Waals surface area contributed by atoms with Gasteiger partial charge in [-0.1, -0.05) is 28.1 Å². The number of ether oxygens (including phenoxy) is 1. The van der Waals surface area contributed by atoms with Crippen molar-refractivity contribution in [2.45, 2.75) is 19.3 Å². The van der Waals surface area contributed by atoms with Crippen molar-refractivity contribution in [1.29, 1.82) is 0 Å². The summed E-state index contributed by atoms with van der Waals surface area (Å²) >= 11 is 3.45. The summed E-state index contributed by atoms with van der Waals surface area (Å²) in [5, 5.41) is 2.76. The van der Waals surface area contributed by atoms with Crippen LogP contribution in [0.3, 0.4) is 0 Å². The molecule has 2 nitrogen and oxygen atoms in total. The summed E-state index contributed by atoms with van der Waals surface area (Å²) in [5.74, 6) is -2.80. The lowest BCUT2D eigenvalue weighted by Crippen LogP contribution is -2.37. The number of methoxy groups -OCH3 is 1. The molecule has 0 saturated carbocycles. The van der Waals surface area contributed by atoms with Crippen LogP contribution in [0.5, 0.6) is 0 Å². The standard InChI is InChI=1S/C13H18BrF2NO/c1-10-11(4-3-5-12(10)14)6-7-17-8-13(15,16)9-18-2/h3-5,17H,6-9H2,1-2H3. The van der Waals surface area contributed by atoms with Crippen LogP contribution in [0.4, 0.5) is 8.78 Å². The number of halogens is 3. The quantitative estimate of drug-likeness (QED) is 0.779. The second-order valence-corrected chi connectivity index (χ2v) is 5.09. The Kier molecular flexibility index (Phi) is 6.18. The molecule has 0 bridgehead atoms. The molecular formula is C13H18BrF2NO. The first-order valence-corrected chi connectivity index (χ1v) is 6.57. The van der Waals surface area contributed by atoms with Crippen LogP contribution >= 0.6 is 15.9 Å². The van der Waals surface area contributed by atoms with Crippen molar-refractivity contribution in [3.05, 3.63) is 33.8 Å². The van der Waals surface area contributed by atoms with Gasteiger partial charge >= 0.3 is 0 Å². The predicted octanol–water partition coefficient (Wildman–Crippen LogP) is 3.17. The van der Waals surface area contributed by atoms with Gasteiger partial charge in [-0.15, -0.1) is 0 Å². The van der Waals surface area contributed by atoms with Crippen LogP contribution in [0.2, 0.25) is 0 Å². The van der Waals surface area contributed by atoms with Crippen LogP contribution in [0, 0.1) is 6.92 Å². The fourth-order valence-corrected chi connectivity index (χ4v) is 2.09. The summed E-state index contributed by atoms with van der Waals surface area (Å²) in [4.78, 5) is 0. The van der Waals surface area contributed by atoms with E-state index in [9.17, 15) is 8.78 Å². The van der Waals surface area contributed by atoms with E-state index in [-0.39, 0.29) is 6.54 Å². The van der Waals surface area contributed by atoms with Gasteiger partial charge in [-0.25, -0.2) is 8.78 Å². The van der Waals surface area contributed by atoms with Gasteiger partial charge in [0.2, 0.25) is 0 Å². The molecule has 0 atom stereocenters. The highest BCUT2D eigenvalue weighted by Crippen LogP contribution is 2.19. The first-order valence-electron chi connectivity index (χ1n) is 5.78. The summed E-state index contributed by atoms with van der Waals surface area (Å²) in [6.07, 6.45) is 0.730. The first-order chi connectivity index (χ1) is 8.46. The minimum Gasteiger partial charge on any atom is -0.378 e. The van der Waals surface area contributed by atoms with Crippen molar-refractivity contribution in [3.63, 3.8) is 0 Å². The number of benzene rings is 1. The highest BCUT2D eigenvalue weighted by atomic mass is 79.9. The summed E-state index contributed by atoms with van der Waals surface area (Å²) in [6.45, 7) is 1.64. The fourth-order valence-electron chi connectivity index (χ4n) is 1.68. The van der Waals surface area contributed by atoms with E-state index in [1.807, 2.05) is 25.1 Å². The maximum absolute atomic E-state index is 13.1.